The third-order valence-electron chi connectivity index (χ3n) is 1.89. The van der Waals surface area contributed by atoms with Gasteiger partial charge in [-0.15, -0.1) is 0 Å². The number of rotatable bonds is 7. The van der Waals surface area contributed by atoms with Gasteiger partial charge in [-0.25, -0.2) is 0 Å². The number of hydrogen-bond donors (Lipinski definition) is 3. The fourth-order valence-electron chi connectivity index (χ4n) is 1.22. The Bertz CT molecular complexity index is 294. The quantitative estimate of drug-likeness (QED) is 0.582. The predicted octanol–water partition coefficient (Wildman–Crippen LogP) is 0.113. The van der Waals surface area contributed by atoms with Crippen molar-refractivity contribution < 1.29 is 19.5 Å². The van der Waals surface area contributed by atoms with Crippen LogP contribution in [-0.2, 0) is 14.4 Å². The van der Waals surface area contributed by atoms with Crippen LogP contribution < -0.4 is 10.6 Å². The maximum atomic E-state index is 11.6. The second-order valence-corrected chi connectivity index (χ2v) is 4.56. The minimum atomic E-state index is -1.12. The standard InChI is InChI=1S/C10H17BrN2O4/c1-6(2)3-7(13-8(14)4-11)10(17)12-5-9(15)16/h6-7H,3-5H2,1-2H3,(H,12,17)(H,13,14)(H,15,16)/t7-/m1/s1. The van der Waals surface area contributed by atoms with Gasteiger partial charge in [0.1, 0.15) is 12.6 Å². The first-order valence-corrected chi connectivity index (χ1v) is 6.33. The molecule has 0 saturated carbocycles. The van der Waals surface area contributed by atoms with Crippen LogP contribution in [0.2, 0.25) is 0 Å². The van der Waals surface area contributed by atoms with Crippen molar-refractivity contribution >= 4 is 33.7 Å². The summed E-state index contributed by atoms with van der Waals surface area (Å²) in [6.45, 7) is 3.38. The Morgan fingerprint density at radius 2 is 1.88 bits per heavy atom. The zero-order chi connectivity index (χ0) is 13.4. The average molecular weight is 309 g/mol. The molecule has 0 aromatic carbocycles. The number of halogens is 1. The maximum absolute atomic E-state index is 11.6. The Morgan fingerprint density at radius 1 is 1.29 bits per heavy atom. The molecule has 0 saturated heterocycles. The van der Waals surface area contributed by atoms with Gasteiger partial charge < -0.3 is 15.7 Å². The van der Waals surface area contributed by atoms with Gasteiger partial charge in [-0.3, -0.25) is 14.4 Å². The summed E-state index contributed by atoms with van der Waals surface area (Å²) >= 11 is 2.98. The van der Waals surface area contributed by atoms with Gasteiger partial charge in [0.25, 0.3) is 0 Å². The molecular weight excluding hydrogens is 292 g/mol. The normalized spacial score (nSPS) is 12.0. The number of alkyl halides is 1. The molecular formula is C10H17BrN2O4. The minimum absolute atomic E-state index is 0.105. The lowest BCUT2D eigenvalue weighted by atomic mass is 10.0. The van der Waals surface area contributed by atoms with Crippen LogP contribution in [0.15, 0.2) is 0 Å². The minimum Gasteiger partial charge on any atom is -0.480 e. The second-order valence-electron chi connectivity index (χ2n) is 3.99. The summed E-state index contributed by atoms with van der Waals surface area (Å²) in [5, 5.41) is 13.3. The Kier molecular flexibility index (Phi) is 7.53. The van der Waals surface area contributed by atoms with Gasteiger partial charge in [0, 0.05) is 0 Å². The highest BCUT2D eigenvalue weighted by molar-refractivity contribution is 9.09. The summed E-state index contributed by atoms with van der Waals surface area (Å²) in [5.74, 6) is -1.68. The highest BCUT2D eigenvalue weighted by Crippen LogP contribution is 2.05. The van der Waals surface area contributed by atoms with E-state index in [4.69, 9.17) is 5.11 Å². The first-order chi connectivity index (χ1) is 7.86. The van der Waals surface area contributed by atoms with Crippen molar-refractivity contribution in [2.24, 2.45) is 5.92 Å². The molecule has 17 heavy (non-hydrogen) atoms. The molecule has 0 spiro atoms. The molecule has 0 fully saturated rings. The molecule has 1 atom stereocenters. The second kappa shape index (κ2) is 8.05. The largest absolute Gasteiger partial charge is 0.480 e. The average Bonchev–Trinajstić information content (AvgIpc) is 2.23. The highest BCUT2D eigenvalue weighted by Gasteiger charge is 2.21. The molecule has 2 amide bonds. The molecule has 0 radical (unpaired) electrons. The van der Waals surface area contributed by atoms with Crippen LogP contribution in [0, 0.1) is 5.92 Å². The summed E-state index contributed by atoms with van der Waals surface area (Å²) in [4.78, 5) is 33.1. The number of hydrogen-bond acceptors (Lipinski definition) is 3. The molecule has 0 aliphatic rings. The summed E-state index contributed by atoms with van der Waals surface area (Å²) in [7, 11) is 0. The lowest BCUT2D eigenvalue weighted by Crippen LogP contribution is -2.48. The summed E-state index contributed by atoms with van der Waals surface area (Å²) in [6, 6.07) is -0.695. The van der Waals surface area contributed by atoms with Gasteiger partial charge in [0.2, 0.25) is 11.8 Å². The van der Waals surface area contributed by atoms with E-state index in [9.17, 15) is 14.4 Å². The molecule has 7 heteroatoms. The zero-order valence-electron chi connectivity index (χ0n) is 9.83. The van der Waals surface area contributed by atoms with Crippen molar-refractivity contribution in [3.63, 3.8) is 0 Å². The van der Waals surface area contributed by atoms with Gasteiger partial charge in [0.15, 0.2) is 0 Å². The molecule has 0 aliphatic carbocycles. The third-order valence-corrected chi connectivity index (χ3v) is 2.40. The van der Waals surface area contributed by atoms with E-state index in [2.05, 4.69) is 26.6 Å². The molecule has 0 aromatic rings. The summed E-state index contributed by atoms with van der Waals surface area (Å²) < 4.78 is 0. The van der Waals surface area contributed by atoms with Gasteiger partial charge in [-0.05, 0) is 12.3 Å². The van der Waals surface area contributed by atoms with Gasteiger partial charge >= 0.3 is 5.97 Å². The van der Waals surface area contributed by atoms with E-state index >= 15 is 0 Å². The smallest absolute Gasteiger partial charge is 0.322 e. The summed E-state index contributed by atoms with van der Waals surface area (Å²) in [5.41, 5.74) is 0. The lowest BCUT2D eigenvalue weighted by molar-refractivity contribution is -0.138. The number of carboxylic acid groups (broad SMARTS) is 1. The van der Waals surface area contributed by atoms with Crippen LogP contribution in [0.4, 0.5) is 0 Å². The van der Waals surface area contributed by atoms with Crippen LogP contribution in [0.3, 0.4) is 0 Å². The number of carbonyl (C=O) groups is 3. The fourth-order valence-corrected chi connectivity index (χ4v) is 1.38. The molecule has 6 nitrogen and oxygen atoms in total. The first kappa shape index (κ1) is 15.9. The molecule has 0 unspecified atom stereocenters. The molecule has 0 aromatic heterocycles. The molecule has 3 N–H and O–H groups in total. The van der Waals surface area contributed by atoms with E-state index in [0.717, 1.165) is 0 Å². The van der Waals surface area contributed by atoms with Crippen LogP contribution >= 0.6 is 15.9 Å². The predicted molar refractivity (Wildman–Crippen MR) is 65.8 cm³/mol. The van der Waals surface area contributed by atoms with E-state index in [1.54, 1.807) is 0 Å². The van der Waals surface area contributed by atoms with Crippen LogP contribution in [0.1, 0.15) is 20.3 Å². The number of carboxylic acids is 1. The van der Waals surface area contributed by atoms with Crippen molar-refractivity contribution in [1.29, 1.82) is 0 Å². The van der Waals surface area contributed by atoms with Crippen molar-refractivity contribution in [2.75, 3.05) is 11.9 Å². The van der Waals surface area contributed by atoms with E-state index in [1.807, 2.05) is 13.8 Å². The van der Waals surface area contributed by atoms with Crippen LogP contribution in [0.25, 0.3) is 0 Å². The Balaban J connectivity index is 4.39. The highest BCUT2D eigenvalue weighted by atomic mass is 79.9. The molecule has 0 aliphatic heterocycles. The Labute approximate surface area is 108 Å². The number of aliphatic carboxylic acids is 1. The number of carbonyl (C=O) groups excluding carboxylic acids is 2. The maximum Gasteiger partial charge on any atom is 0.322 e. The lowest BCUT2D eigenvalue weighted by Gasteiger charge is -2.19. The Hall–Kier alpha value is -1.11. The van der Waals surface area contributed by atoms with E-state index in [-0.39, 0.29) is 17.2 Å². The summed E-state index contributed by atoms with van der Waals surface area (Å²) in [6.07, 6.45) is 0.462. The monoisotopic (exact) mass is 308 g/mol. The van der Waals surface area contributed by atoms with Crippen molar-refractivity contribution in [1.82, 2.24) is 10.6 Å². The van der Waals surface area contributed by atoms with Gasteiger partial charge in [0.05, 0.1) is 5.33 Å². The van der Waals surface area contributed by atoms with Crippen molar-refractivity contribution in [3.8, 4) is 0 Å². The van der Waals surface area contributed by atoms with Crippen molar-refractivity contribution in [3.05, 3.63) is 0 Å². The third kappa shape index (κ3) is 7.73. The van der Waals surface area contributed by atoms with Crippen molar-refractivity contribution in [2.45, 2.75) is 26.3 Å². The van der Waals surface area contributed by atoms with Gasteiger partial charge in [-0.2, -0.15) is 0 Å². The van der Waals surface area contributed by atoms with E-state index < -0.39 is 24.5 Å². The first-order valence-electron chi connectivity index (χ1n) is 5.21. The van der Waals surface area contributed by atoms with Crippen LogP contribution in [0.5, 0.6) is 0 Å². The Morgan fingerprint density at radius 3 is 2.29 bits per heavy atom. The SMILES string of the molecule is CC(C)C[C@@H](NC(=O)CBr)C(=O)NCC(=O)O. The number of amides is 2. The number of nitrogens with one attached hydrogen (secondary N) is 2. The molecule has 98 valence electrons. The van der Waals surface area contributed by atoms with E-state index in [0.29, 0.717) is 6.42 Å². The molecule has 0 rings (SSSR count). The topological polar surface area (TPSA) is 95.5 Å². The zero-order valence-corrected chi connectivity index (χ0v) is 11.4. The van der Waals surface area contributed by atoms with Crippen LogP contribution in [-0.4, -0.2) is 40.8 Å². The fraction of sp³-hybridized carbons (Fsp3) is 0.700. The van der Waals surface area contributed by atoms with E-state index in [1.165, 1.54) is 0 Å². The molecule has 0 bridgehead atoms. The molecule has 0 heterocycles. The van der Waals surface area contributed by atoms with Gasteiger partial charge in [-0.1, -0.05) is 29.8 Å².